The topological polar surface area (TPSA) is 25.8 Å². The third kappa shape index (κ3) is 2.82. The maximum atomic E-state index is 13.3. The SMILES string of the molecule is Cc1nc(Cc2ccccc2Br)nc(Cl)c1F. The van der Waals surface area contributed by atoms with E-state index < -0.39 is 5.82 Å². The molecule has 0 N–H and O–H groups in total. The summed E-state index contributed by atoms with van der Waals surface area (Å²) in [6, 6.07) is 7.75. The summed E-state index contributed by atoms with van der Waals surface area (Å²) in [5.41, 5.74) is 1.31. The first kappa shape index (κ1) is 12.5. The second-order valence-corrected chi connectivity index (χ2v) is 4.81. The Bertz CT molecular complexity index is 537. The molecule has 0 bridgehead atoms. The zero-order chi connectivity index (χ0) is 12.4. The largest absolute Gasteiger partial charge is 0.235 e. The smallest absolute Gasteiger partial charge is 0.181 e. The lowest BCUT2D eigenvalue weighted by Crippen LogP contribution is -2.02. The number of nitrogens with zero attached hydrogens (tertiary/aromatic N) is 2. The molecule has 0 radical (unpaired) electrons. The van der Waals surface area contributed by atoms with E-state index in [1.54, 1.807) is 6.92 Å². The first-order valence-corrected chi connectivity index (χ1v) is 6.17. The number of aryl methyl sites for hydroxylation is 1. The Balaban J connectivity index is 2.34. The van der Waals surface area contributed by atoms with E-state index in [4.69, 9.17) is 11.6 Å². The van der Waals surface area contributed by atoms with E-state index in [0.717, 1.165) is 10.0 Å². The van der Waals surface area contributed by atoms with Crippen LogP contribution in [0.4, 0.5) is 4.39 Å². The monoisotopic (exact) mass is 314 g/mol. The third-order valence-electron chi connectivity index (χ3n) is 2.33. The molecular formula is C12H9BrClFN2. The van der Waals surface area contributed by atoms with Crippen molar-refractivity contribution in [1.82, 2.24) is 9.97 Å². The van der Waals surface area contributed by atoms with Crippen LogP contribution in [0.3, 0.4) is 0 Å². The highest BCUT2D eigenvalue weighted by Crippen LogP contribution is 2.20. The van der Waals surface area contributed by atoms with Crippen LogP contribution >= 0.6 is 27.5 Å². The molecule has 5 heteroatoms. The van der Waals surface area contributed by atoms with Gasteiger partial charge in [0.05, 0.1) is 5.69 Å². The van der Waals surface area contributed by atoms with E-state index in [-0.39, 0.29) is 10.8 Å². The van der Waals surface area contributed by atoms with Gasteiger partial charge in [-0.05, 0) is 18.6 Å². The second-order valence-electron chi connectivity index (χ2n) is 3.60. The van der Waals surface area contributed by atoms with Crippen LogP contribution in [0.15, 0.2) is 28.7 Å². The van der Waals surface area contributed by atoms with Gasteiger partial charge in [-0.3, -0.25) is 0 Å². The number of aromatic nitrogens is 2. The molecule has 2 rings (SSSR count). The molecule has 0 saturated carbocycles. The lowest BCUT2D eigenvalue weighted by molar-refractivity contribution is 0.597. The minimum absolute atomic E-state index is 0.125. The predicted molar refractivity (Wildman–Crippen MR) is 68.7 cm³/mol. The van der Waals surface area contributed by atoms with E-state index >= 15 is 0 Å². The molecule has 1 aromatic carbocycles. The first-order valence-electron chi connectivity index (χ1n) is 5.00. The summed E-state index contributed by atoms with van der Waals surface area (Å²) in [6.07, 6.45) is 0.516. The van der Waals surface area contributed by atoms with Crippen molar-refractivity contribution in [3.63, 3.8) is 0 Å². The van der Waals surface area contributed by atoms with Crippen molar-refractivity contribution >= 4 is 27.5 Å². The molecule has 0 aliphatic carbocycles. The number of hydrogen-bond acceptors (Lipinski definition) is 2. The Labute approximate surface area is 112 Å². The summed E-state index contributed by atoms with van der Waals surface area (Å²) in [4.78, 5) is 8.01. The van der Waals surface area contributed by atoms with Gasteiger partial charge in [-0.1, -0.05) is 45.7 Å². The molecule has 0 aliphatic rings. The fourth-order valence-corrected chi connectivity index (χ4v) is 2.13. The number of hydrogen-bond donors (Lipinski definition) is 0. The van der Waals surface area contributed by atoms with Crippen molar-refractivity contribution in [3.8, 4) is 0 Å². The van der Waals surface area contributed by atoms with E-state index in [1.807, 2.05) is 24.3 Å². The molecule has 0 aliphatic heterocycles. The Morgan fingerprint density at radius 1 is 1.29 bits per heavy atom. The standard InChI is InChI=1S/C12H9BrClFN2/c1-7-11(15)12(14)17-10(16-7)6-8-4-2-3-5-9(8)13/h2-5H,6H2,1H3. The highest BCUT2D eigenvalue weighted by Gasteiger charge is 2.10. The van der Waals surface area contributed by atoms with Crippen LogP contribution in [0.2, 0.25) is 5.15 Å². The van der Waals surface area contributed by atoms with Gasteiger partial charge in [0.15, 0.2) is 11.0 Å². The molecule has 0 atom stereocenters. The molecule has 88 valence electrons. The fourth-order valence-electron chi connectivity index (χ4n) is 1.47. The molecule has 0 fully saturated rings. The molecule has 0 saturated heterocycles. The number of rotatable bonds is 2. The first-order chi connectivity index (χ1) is 8.08. The lowest BCUT2D eigenvalue weighted by Gasteiger charge is -2.05. The zero-order valence-electron chi connectivity index (χ0n) is 9.04. The van der Waals surface area contributed by atoms with Crippen LogP contribution in [-0.2, 0) is 6.42 Å². The summed E-state index contributed by atoms with van der Waals surface area (Å²) in [6.45, 7) is 1.58. The molecule has 0 amide bonds. The predicted octanol–water partition coefficient (Wildman–Crippen LogP) is 3.93. The third-order valence-corrected chi connectivity index (χ3v) is 3.35. The van der Waals surface area contributed by atoms with E-state index in [0.29, 0.717) is 12.2 Å². The van der Waals surface area contributed by atoms with Gasteiger partial charge in [-0.25, -0.2) is 14.4 Å². The molecule has 1 aromatic heterocycles. The van der Waals surface area contributed by atoms with Crippen molar-refractivity contribution in [3.05, 3.63) is 56.8 Å². The summed E-state index contributed by atoms with van der Waals surface area (Å²) in [5, 5.41) is -0.125. The molecular weight excluding hydrogens is 307 g/mol. The van der Waals surface area contributed by atoms with E-state index in [2.05, 4.69) is 25.9 Å². The Hall–Kier alpha value is -1.00. The Morgan fingerprint density at radius 3 is 2.65 bits per heavy atom. The summed E-state index contributed by atoms with van der Waals surface area (Å²) < 4.78 is 14.2. The van der Waals surface area contributed by atoms with Gasteiger partial charge in [0, 0.05) is 10.9 Å². The number of halogens is 3. The van der Waals surface area contributed by atoms with Crippen molar-refractivity contribution < 1.29 is 4.39 Å². The van der Waals surface area contributed by atoms with Gasteiger partial charge in [0.2, 0.25) is 0 Å². The summed E-state index contributed by atoms with van der Waals surface area (Å²) >= 11 is 9.13. The van der Waals surface area contributed by atoms with Gasteiger partial charge in [-0.15, -0.1) is 0 Å². The molecule has 2 nitrogen and oxygen atoms in total. The maximum Gasteiger partial charge on any atom is 0.181 e. The van der Waals surface area contributed by atoms with Crippen LogP contribution in [0.25, 0.3) is 0 Å². The zero-order valence-corrected chi connectivity index (χ0v) is 11.4. The van der Waals surface area contributed by atoms with Crippen LogP contribution in [-0.4, -0.2) is 9.97 Å². The van der Waals surface area contributed by atoms with Crippen LogP contribution < -0.4 is 0 Å². The fraction of sp³-hybridized carbons (Fsp3) is 0.167. The van der Waals surface area contributed by atoms with E-state index in [9.17, 15) is 4.39 Å². The van der Waals surface area contributed by atoms with Gasteiger partial charge in [0.25, 0.3) is 0 Å². The minimum atomic E-state index is -0.553. The van der Waals surface area contributed by atoms with Gasteiger partial charge >= 0.3 is 0 Å². The molecule has 17 heavy (non-hydrogen) atoms. The van der Waals surface area contributed by atoms with Gasteiger partial charge in [-0.2, -0.15) is 0 Å². The van der Waals surface area contributed by atoms with Crippen molar-refractivity contribution in [1.29, 1.82) is 0 Å². The maximum absolute atomic E-state index is 13.3. The minimum Gasteiger partial charge on any atom is -0.235 e. The van der Waals surface area contributed by atoms with Crippen molar-refractivity contribution in [2.75, 3.05) is 0 Å². The highest BCUT2D eigenvalue weighted by atomic mass is 79.9. The molecule has 0 unspecified atom stereocenters. The molecule has 0 spiro atoms. The van der Waals surface area contributed by atoms with Gasteiger partial charge in [0.1, 0.15) is 5.82 Å². The summed E-state index contributed by atoms with van der Waals surface area (Å²) in [5.74, 6) is -0.0386. The normalized spacial score (nSPS) is 10.6. The molecule has 2 aromatic rings. The second kappa shape index (κ2) is 5.10. The Morgan fingerprint density at radius 2 is 2.00 bits per heavy atom. The van der Waals surface area contributed by atoms with Crippen LogP contribution in [0.1, 0.15) is 17.1 Å². The lowest BCUT2D eigenvalue weighted by atomic mass is 10.1. The summed E-state index contributed by atoms with van der Waals surface area (Å²) in [7, 11) is 0. The molecule has 1 heterocycles. The average Bonchev–Trinajstić information content (AvgIpc) is 2.29. The average molecular weight is 316 g/mol. The van der Waals surface area contributed by atoms with Crippen LogP contribution in [0, 0.1) is 12.7 Å². The van der Waals surface area contributed by atoms with E-state index in [1.165, 1.54) is 0 Å². The van der Waals surface area contributed by atoms with Gasteiger partial charge < -0.3 is 0 Å². The Kier molecular flexibility index (Phi) is 3.74. The number of benzene rings is 1. The van der Waals surface area contributed by atoms with Crippen molar-refractivity contribution in [2.24, 2.45) is 0 Å². The quantitative estimate of drug-likeness (QED) is 0.785. The van der Waals surface area contributed by atoms with Crippen molar-refractivity contribution in [2.45, 2.75) is 13.3 Å². The highest BCUT2D eigenvalue weighted by molar-refractivity contribution is 9.10. The van der Waals surface area contributed by atoms with Crippen LogP contribution in [0.5, 0.6) is 0 Å².